The smallest absolute Gasteiger partial charge is 0.0707 e. The molecular weight excluding hydrogens is 262 g/mol. The predicted molar refractivity (Wildman–Crippen MR) is 89.0 cm³/mol. The molecule has 0 saturated heterocycles. The number of nitrogens with one attached hydrogen (secondary N) is 1. The molecule has 0 aliphatic carbocycles. The summed E-state index contributed by atoms with van der Waals surface area (Å²) in [5.41, 5.74) is 5.20. The van der Waals surface area contributed by atoms with Gasteiger partial charge in [-0.15, -0.1) is 0 Å². The van der Waals surface area contributed by atoms with E-state index in [1.54, 1.807) is 0 Å². The second-order valence-corrected chi connectivity index (χ2v) is 6.69. The molecule has 0 heterocycles. The number of ether oxygens (including phenoxy) is 2. The molecule has 21 heavy (non-hydrogen) atoms. The Morgan fingerprint density at radius 1 is 1.05 bits per heavy atom. The Morgan fingerprint density at radius 2 is 1.62 bits per heavy atom. The molecule has 1 aromatic rings. The van der Waals surface area contributed by atoms with E-state index in [-0.39, 0.29) is 11.6 Å². The van der Waals surface area contributed by atoms with E-state index in [9.17, 15) is 0 Å². The van der Waals surface area contributed by atoms with Crippen molar-refractivity contribution in [2.75, 3.05) is 26.9 Å². The molecule has 0 fully saturated rings. The highest BCUT2D eigenvalue weighted by Crippen LogP contribution is 2.23. The normalized spacial score (nSPS) is 13.5. The molecule has 0 bridgehead atoms. The fourth-order valence-electron chi connectivity index (χ4n) is 2.66. The van der Waals surface area contributed by atoms with Crippen LogP contribution in [-0.4, -0.2) is 32.5 Å². The second kappa shape index (κ2) is 7.92. The summed E-state index contributed by atoms with van der Waals surface area (Å²) in [5, 5.41) is 3.36. The molecule has 0 radical (unpaired) electrons. The molecule has 1 atom stereocenters. The summed E-state index contributed by atoms with van der Waals surface area (Å²) in [7, 11) is 1.98. The molecule has 0 saturated carbocycles. The van der Waals surface area contributed by atoms with Crippen molar-refractivity contribution in [1.82, 2.24) is 5.32 Å². The quantitative estimate of drug-likeness (QED) is 0.778. The highest BCUT2D eigenvalue weighted by atomic mass is 16.5. The number of rotatable bonds is 7. The molecule has 0 aliphatic heterocycles. The first-order valence-electron chi connectivity index (χ1n) is 7.71. The van der Waals surface area contributed by atoms with Crippen molar-refractivity contribution in [3.05, 3.63) is 34.4 Å². The number of likely N-dealkylation sites (N-methyl/N-ethyl adjacent to an activating group) is 1. The largest absolute Gasteiger partial charge is 0.377 e. The maximum absolute atomic E-state index is 5.79. The SMILES string of the molecule is CNC(COCCOC(C)(C)C)c1c(C)cc(C)cc1C. The monoisotopic (exact) mass is 293 g/mol. The summed E-state index contributed by atoms with van der Waals surface area (Å²) < 4.78 is 11.5. The number of hydrogen-bond donors (Lipinski definition) is 1. The summed E-state index contributed by atoms with van der Waals surface area (Å²) >= 11 is 0. The summed E-state index contributed by atoms with van der Waals surface area (Å²) in [6.45, 7) is 14.6. The zero-order valence-corrected chi connectivity index (χ0v) is 14.7. The fourth-order valence-corrected chi connectivity index (χ4v) is 2.66. The minimum absolute atomic E-state index is 0.101. The van der Waals surface area contributed by atoms with Crippen molar-refractivity contribution in [1.29, 1.82) is 0 Å². The Labute approximate surface area is 130 Å². The van der Waals surface area contributed by atoms with Gasteiger partial charge in [0.1, 0.15) is 0 Å². The van der Waals surface area contributed by atoms with Gasteiger partial charge in [0.05, 0.1) is 31.5 Å². The lowest BCUT2D eigenvalue weighted by atomic mass is 9.94. The van der Waals surface area contributed by atoms with Gasteiger partial charge in [-0.05, 0) is 65.3 Å². The van der Waals surface area contributed by atoms with Gasteiger partial charge in [-0.2, -0.15) is 0 Å². The van der Waals surface area contributed by atoms with Gasteiger partial charge in [0.25, 0.3) is 0 Å². The molecule has 3 heteroatoms. The maximum atomic E-state index is 5.79. The molecule has 3 nitrogen and oxygen atoms in total. The molecular formula is C18H31NO2. The van der Waals surface area contributed by atoms with Crippen molar-refractivity contribution in [2.24, 2.45) is 0 Å². The van der Waals surface area contributed by atoms with Crippen LogP contribution in [0.15, 0.2) is 12.1 Å². The van der Waals surface area contributed by atoms with Crippen LogP contribution in [0.1, 0.15) is 49.1 Å². The topological polar surface area (TPSA) is 30.5 Å². The van der Waals surface area contributed by atoms with E-state index in [0.29, 0.717) is 19.8 Å². The average Bonchev–Trinajstić information content (AvgIpc) is 2.33. The van der Waals surface area contributed by atoms with E-state index >= 15 is 0 Å². The average molecular weight is 293 g/mol. The van der Waals surface area contributed by atoms with Gasteiger partial charge >= 0.3 is 0 Å². The Bertz CT molecular complexity index is 426. The third-order valence-electron chi connectivity index (χ3n) is 3.48. The molecule has 120 valence electrons. The Morgan fingerprint density at radius 3 is 2.10 bits per heavy atom. The van der Waals surface area contributed by atoms with E-state index in [1.165, 1.54) is 22.3 Å². The lowest BCUT2D eigenvalue weighted by molar-refractivity contribution is -0.0372. The van der Waals surface area contributed by atoms with Crippen molar-refractivity contribution < 1.29 is 9.47 Å². The molecule has 0 aliphatic rings. The number of aryl methyl sites for hydroxylation is 3. The van der Waals surface area contributed by atoms with Crippen molar-refractivity contribution in [3.63, 3.8) is 0 Å². The second-order valence-electron chi connectivity index (χ2n) is 6.69. The first kappa shape index (κ1) is 18.1. The Kier molecular flexibility index (Phi) is 6.85. The van der Waals surface area contributed by atoms with Gasteiger partial charge in [0, 0.05) is 0 Å². The van der Waals surface area contributed by atoms with Crippen LogP contribution in [0.3, 0.4) is 0 Å². The molecule has 1 aromatic carbocycles. The van der Waals surface area contributed by atoms with Gasteiger partial charge in [0.15, 0.2) is 0 Å². The van der Waals surface area contributed by atoms with Crippen molar-refractivity contribution >= 4 is 0 Å². The standard InChI is InChI=1S/C18H31NO2/c1-13-10-14(2)17(15(3)11-13)16(19-7)12-20-8-9-21-18(4,5)6/h10-11,16,19H,8-9,12H2,1-7H3. The van der Waals surface area contributed by atoms with E-state index in [1.807, 2.05) is 7.05 Å². The minimum Gasteiger partial charge on any atom is -0.377 e. The third kappa shape index (κ3) is 6.16. The first-order chi connectivity index (χ1) is 9.74. The Hall–Kier alpha value is -0.900. The fraction of sp³-hybridized carbons (Fsp3) is 0.667. The molecule has 0 amide bonds. The molecule has 1 unspecified atom stereocenters. The maximum Gasteiger partial charge on any atom is 0.0707 e. The summed E-state index contributed by atoms with van der Waals surface area (Å²) in [6.07, 6.45) is 0. The lowest BCUT2D eigenvalue weighted by Gasteiger charge is -2.23. The summed E-state index contributed by atoms with van der Waals surface area (Å²) in [5.74, 6) is 0. The van der Waals surface area contributed by atoms with Gasteiger partial charge in [-0.3, -0.25) is 0 Å². The van der Waals surface area contributed by atoms with Gasteiger partial charge in [-0.1, -0.05) is 17.7 Å². The van der Waals surface area contributed by atoms with Crippen LogP contribution in [0.5, 0.6) is 0 Å². The highest BCUT2D eigenvalue weighted by molar-refractivity contribution is 5.39. The van der Waals surface area contributed by atoms with Gasteiger partial charge in [0.2, 0.25) is 0 Å². The third-order valence-corrected chi connectivity index (χ3v) is 3.48. The molecule has 0 aromatic heterocycles. The van der Waals surface area contributed by atoms with Crippen LogP contribution >= 0.6 is 0 Å². The van der Waals surface area contributed by atoms with Crippen LogP contribution in [-0.2, 0) is 9.47 Å². The summed E-state index contributed by atoms with van der Waals surface area (Å²) in [4.78, 5) is 0. The summed E-state index contributed by atoms with van der Waals surface area (Å²) in [6, 6.07) is 4.69. The van der Waals surface area contributed by atoms with Crippen molar-refractivity contribution in [2.45, 2.75) is 53.2 Å². The zero-order chi connectivity index (χ0) is 16.0. The highest BCUT2D eigenvalue weighted by Gasteiger charge is 2.15. The molecule has 0 spiro atoms. The van der Waals surface area contributed by atoms with Crippen LogP contribution in [0.2, 0.25) is 0 Å². The Balaban J connectivity index is 2.56. The number of benzene rings is 1. The molecule has 1 rings (SSSR count). The minimum atomic E-state index is -0.101. The predicted octanol–water partition coefficient (Wildman–Crippen LogP) is 3.70. The van der Waals surface area contributed by atoms with E-state index in [2.05, 4.69) is 59.0 Å². The van der Waals surface area contributed by atoms with Crippen LogP contribution in [0.4, 0.5) is 0 Å². The lowest BCUT2D eigenvalue weighted by Crippen LogP contribution is -2.26. The van der Waals surface area contributed by atoms with Crippen LogP contribution in [0, 0.1) is 20.8 Å². The number of hydrogen-bond acceptors (Lipinski definition) is 3. The van der Waals surface area contributed by atoms with E-state index < -0.39 is 0 Å². The van der Waals surface area contributed by atoms with Crippen molar-refractivity contribution in [3.8, 4) is 0 Å². The van der Waals surface area contributed by atoms with Gasteiger partial charge < -0.3 is 14.8 Å². The van der Waals surface area contributed by atoms with E-state index in [0.717, 1.165) is 0 Å². The first-order valence-corrected chi connectivity index (χ1v) is 7.71. The van der Waals surface area contributed by atoms with Crippen LogP contribution < -0.4 is 5.32 Å². The van der Waals surface area contributed by atoms with Gasteiger partial charge in [-0.25, -0.2) is 0 Å². The van der Waals surface area contributed by atoms with E-state index in [4.69, 9.17) is 9.47 Å². The van der Waals surface area contributed by atoms with Crippen LogP contribution in [0.25, 0.3) is 0 Å². The molecule has 1 N–H and O–H groups in total. The zero-order valence-electron chi connectivity index (χ0n) is 14.7.